The topological polar surface area (TPSA) is 12.5 Å². The van der Waals surface area contributed by atoms with Gasteiger partial charge in [0.05, 0.1) is 6.10 Å². The van der Waals surface area contributed by atoms with Gasteiger partial charge < -0.3 is 4.74 Å². The molecule has 4 heteroatoms. The molecule has 2 atom stereocenters. The van der Waals surface area contributed by atoms with Crippen molar-refractivity contribution < 1.29 is 13.5 Å². The summed E-state index contributed by atoms with van der Waals surface area (Å²) in [6.45, 7) is 7.94. The molecule has 0 bridgehead atoms. The van der Waals surface area contributed by atoms with Crippen molar-refractivity contribution in [1.82, 2.24) is 4.90 Å². The van der Waals surface area contributed by atoms with Crippen LogP contribution in [0.4, 0.5) is 8.78 Å². The number of methoxy groups -OCH3 is 1. The van der Waals surface area contributed by atoms with E-state index in [-0.39, 0.29) is 11.7 Å². The summed E-state index contributed by atoms with van der Waals surface area (Å²) >= 11 is 0. The van der Waals surface area contributed by atoms with Crippen LogP contribution in [0.25, 0.3) is 0 Å². The van der Waals surface area contributed by atoms with Gasteiger partial charge in [0.25, 0.3) is 0 Å². The molecule has 0 saturated carbocycles. The van der Waals surface area contributed by atoms with Crippen molar-refractivity contribution in [3.05, 3.63) is 35.4 Å². The summed E-state index contributed by atoms with van der Waals surface area (Å²) in [6, 6.07) is 3.98. The molecular weight excluding hydrogens is 248 g/mol. The molecule has 1 heterocycles. The van der Waals surface area contributed by atoms with Crippen molar-refractivity contribution in [1.29, 1.82) is 0 Å². The zero-order valence-corrected chi connectivity index (χ0v) is 12.1. The van der Waals surface area contributed by atoms with Gasteiger partial charge in [-0.2, -0.15) is 0 Å². The van der Waals surface area contributed by atoms with Crippen molar-refractivity contribution in [2.45, 2.75) is 33.4 Å². The smallest absolute Gasteiger partial charge is 0.130 e. The highest BCUT2D eigenvalue weighted by Crippen LogP contribution is 2.22. The number of benzene rings is 1. The van der Waals surface area contributed by atoms with E-state index in [1.54, 1.807) is 7.11 Å². The quantitative estimate of drug-likeness (QED) is 0.835. The largest absolute Gasteiger partial charge is 0.380 e. The zero-order chi connectivity index (χ0) is 14.4. The number of hydrogen-bond donors (Lipinski definition) is 0. The van der Waals surface area contributed by atoms with E-state index in [4.69, 9.17) is 4.74 Å². The summed E-state index contributed by atoms with van der Waals surface area (Å²) in [7, 11) is 1.67. The highest BCUT2D eigenvalue weighted by molar-refractivity contribution is 5.19. The van der Waals surface area contributed by atoms with Crippen LogP contribution in [0.2, 0.25) is 0 Å². The second-order valence-corrected chi connectivity index (χ2v) is 4.65. The fraction of sp³-hybridized carbons (Fsp3) is 0.600. The molecule has 2 unspecified atom stereocenters. The van der Waals surface area contributed by atoms with Crippen LogP contribution in [-0.4, -0.2) is 31.2 Å². The average Bonchev–Trinajstić information content (AvgIpc) is 2.77. The first-order valence-corrected chi connectivity index (χ1v) is 6.80. The standard InChI is InChI=1S/C13H17F2NO.C2H6/c1-9-6-16(8-13(9)17-2)7-10-11(14)4-3-5-12(10)15;1-2/h3-5,9,13H,6-8H2,1-2H3;1-2H3. The molecule has 1 aromatic carbocycles. The zero-order valence-electron chi connectivity index (χ0n) is 12.1. The molecule has 1 aromatic rings. The van der Waals surface area contributed by atoms with Crippen molar-refractivity contribution >= 4 is 0 Å². The summed E-state index contributed by atoms with van der Waals surface area (Å²) in [5.41, 5.74) is 0.149. The van der Waals surface area contributed by atoms with Gasteiger partial charge in [0.2, 0.25) is 0 Å². The van der Waals surface area contributed by atoms with Crippen LogP contribution >= 0.6 is 0 Å². The molecule has 0 N–H and O–H groups in total. The second-order valence-electron chi connectivity index (χ2n) is 4.65. The molecule has 1 saturated heterocycles. The van der Waals surface area contributed by atoms with E-state index in [0.29, 0.717) is 12.5 Å². The SMILES string of the molecule is CC.COC1CN(Cc2c(F)cccc2F)CC1C. The molecule has 19 heavy (non-hydrogen) atoms. The minimum atomic E-state index is -0.474. The van der Waals surface area contributed by atoms with Gasteiger partial charge in [-0.05, 0) is 18.1 Å². The van der Waals surface area contributed by atoms with Gasteiger partial charge in [-0.25, -0.2) is 8.78 Å². The first kappa shape index (κ1) is 16.1. The molecule has 1 aliphatic heterocycles. The molecular formula is C15H23F2NO. The first-order chi connectivity index (χ1) is 9.11. The Morgan fingerprint density at radius 3 is 2.26 bits per heavy atom. The second kappa shape index (κ2) is 7.56. The Hall–Kier alpha value is -1.00. The predicted molar refractivity (Wildman–Crippen MR) is 72.9 cm³/mol. The lowest BCUT2D eigenvalue weighted by Gasteiger charge is -2.16. The average molecular weight is 271 g/mol. The number of nitrogens with zero attached hydrogens (tertiary/aromatic N) is 1. The molecule has 2 nitrogen and oxygen atoms in total. The highest BCUT2D eigenvalue weighted by atomic mass is 19.1. The van der Waals surface area contributed by atoms with E-state index in [9.17, 15) is 8.78 Å². The fourth-order valence-corrected chi connectivity index (χ4v) is 2.38. The Bertz CT molecular complexity index is 377. The van der Waals surface area contributed by atoms with Crippen LogP contribution in [0.1, 0.15) is 26.3 Å². The summed E-state index contributed by atoms with van der Waals surface area (Å²) in [5.74, 6) is -0.549. The minimum Gasteiger partial charge on any atom is -0.380 e. The van der Waals surface area contributed by atoms with Gasteiger partial charge in [-0.1, -0.05) is 26.8 Å². The Morgan fingerprint density at radius 2 is 1.79 bits per heavy atom. The third kappa shape index (κ3) is 3.98. The van der Waals surface area contributed by atoms with Gasteiger partial charge in [0.1, 0.15) is 11.6 Å². The van der Waals surface area contributed by atoms with E-state index >= 15 is 0 Å². The van der Waals surface area contributed by atoms with Crippen molar-refractivity contribution in [2.75, 3.05) is 20.2 Å². The lowest BCUT2D eigenvalue weighted by Crippen LogP contribution is -2.23. The maximum absolute atomic E-state index is 13.5. The normalized spacial score (nSPS) is 23.1. The summed E-state index contributed by atoms with van der Waals surface area (Å²) in [6.07, 6.45) is 0.157. The molecule has 0 radical (unpaired) electrons. The summed E-state index contributed by atoms with van der Waals surface area (Å²) in [5, 5.41) is 0. The number of hydrogen-bond acceptors (Lipinski definition) is 2. The van der Waals surface area contributed by atoms with E-state index in [1.165, 1.54) is 18.2 Å². The van der Waals surface area contributed by atoms with E-state index in [0.717, 1.165) is 13.1 Å². The number of ether oxygens (including phenoxy) is 1. The van der Waals surface area contributed by atoms with Crippen LogP contribution in [-0.2, 0) is 11.3 Å². The van der Waals surface area contributed by atoms with E-state index in [1.807, 2.05) is 18.7 Å². The van der Waals surface area contributed by atoms with E-state index < -0.39 is 11.6 Å². The first-order valence-electron chi connectivity index (χ1n) is 6.80. The number of likely N-dealkylation sites (tertiary alicyclic amines) is 1. The van der Waals surface area contributed by atoms with Crippen LogP contribution in [0, 0.1) is 17.6 Å². The maximum Gasteiger partial charge on any atom is 0.130 e. The minimum absolute atomic E-state index is 0.149. The van der Waals surface area contributed by atoms with Crippen molar-refractivity contribution in [2.24, 2.45) is 5.92 Å². The molecule has 0 amide bonds. The Morgan fingerprint density at radius 1 is 1.21 bits per heavy atom. The Balaban J connectivity index is 0.000000861. The van der Waals surface area contributed by atoms with Crippen molar-refractivity contribution in [3.63, 3.8) is 0 Å². The van der Waals surface area contributed by atoms with Crippen LogP contribution in [0.15, 0.2) is 18.2 Å². The van der Waals surface area contributed by atoms with Crippen LogP contribution < -0.4 is 0 Å². The summed E-state index contributed by atoms with van der Waals surface area (Å²) < 4.78 is 32.3. The number of halogens is 2. The summed E-state index contributed by atoms with van der Waals surface area (Å²) in [4.78, 5) is 2.03. The third-order valence-corrected chi connectivity index (χ3v) is 3.37. The van der Waals surface area contributed by atoms with Crippen molar-refractivity contribution in [3.8, 4) is 0 Å². The maximum atomic E-state index is 13.5. The lowest BCUT2D eigenvalue weighted by atomic mass is 10.1. The van der Waals surface area contributed by atoms with E-state index in [2.05, 4.69) is 6.92 Å². The molecule has 108 valence electrons. The van der Waals surface area contributed by atoms with Crippen LogP contribution in [0.3, 0.4) is 0 Å². The molecule has 0 aliphatic carbocycles. The van der Waals surface area contributed by atoms with Gasteiger partial charge in [-0.15, -0.1) is 0 Å². The Labute approximate surface area is 114 Å². The third-order valence-electron chi connectivity index (χ3n) is 3.37. The lowest BCUT2D eigenvalue weighted by molar-refractivity contribution is 0.0831. The predicted octanol–water partition coefficient (Wildman–Crippen LogP) is 3.46. The van der Waals surface area contributed by atoms with Gasteiger partial charge in [-0.3, -0.25) is 4.90 Å². The molecule has 1 aliphatic rings. The highest BCUT2D eigenvalue weighted by Gasteiger charge is 2.30. The van der Waals surface area contributed by atoms with Gasteiger partial charge in [0.15, 0.2) is 0 Å². The monoisotopic (exact) mass is 271 g/mol. The van der Waals surface area contributed by atoms with Gasteiger partial charge >= 0.3 is 0 Å². The molecule has 2 rings (SSSR count). The number of rotatable bonds is 3. The Kier molecular flexibility index (Phi) is 6.38. The molecule has 0 spiro atoms. The molecule has 0 aromatic heterocycles. The molecule has 1 fully saturated rings. The van der Waals surface area contributed by atoms with Crippen LogP contribution in [0.5, 0.6) is 0 Å². The fourth-order valence-electron chi connectivity index (χ4n) is 2.38. The van der Waals surface area contributed by atoms with Gasteiger partial charge in [0, 0.05) is 32.3 Å².